The fraction of sp³-hybridized carbons (Fsp3) is 0.538. The highest BCUT2D eigenvalue weighted by Crippen LogP contribution is 2.25. The van der Waals surface area contributed by atoms with Crippen LogP contribution in [0.15, 0.2) is 24.3 Å². The Hall–Kier alpha value is -0.530. The van der Waals surface area contributed by atoms with Crippen LogP contribution in [0, 0.1) is 0 Å². The van der Waals surface area contributed by atoms with Crippen LogP contribution in [0.2, 0.25) is 0 Å². The highest BCUT2D eigenvalue weighted by Gasteiger charge is 2.14. The van der Waals surface area contributed by atoms with E-state index in [-0.39, 0.29) is 12.4 Å². The fourth-order valence-corrected chi connectivity index (χ4v) is 2.18. The molecule has 1 saturated heterocycles. The quantitative estimate of drug-likeness (QED) is 0.816. The second-order valence-electron chi connectivity index (χ2n) is 4.12. The molecule has 1 N–H and O–H groups in total. The molecule has 0 atom stereocenters. The van der Waals surface area contributed by atoms with Crippen molar-refractivity contribution in [2.75, 3.05) is 13.1 Å². The second kappa shape index (κ2) is 6.14. The van der Waals surface area contributed by atoms with E-state index in [1.165, 1.54) is 37.1 Å². The summed E-state index contributed by atoms with van der Waals surface area (Å²) >= 11 is 0. The summed E-state index contributed by atoms with van der Waals surface area (Å²) in [7, 11) is 0. The van der Waals surface area contributed by atoms with Crippen molar-refractivity contribution in [1.29, 1.82) is 0 Å². The van der Waals surface area contributed by atoms with Gasteiger partial charge in [0.05, 0.1) is 0 Å². The molecule has 1 aromatic rings. The van der Waals surface area contributed by atoms with Crippen LogP contribution < -0.4 is 5.32 Å². The number of benzene rings is 1. The van der Waals surface area contributed by atoms with Crippen molar-refractivity contribution in [3.8, 4) is 0 Å². The molecule has 0 bridgehead atoms. The van der Waals surface area contributed by atoms with Crippen LogP contribution in [0.4, 0.5) is 0 Å². The van der Waals surface area contributed by atoms with E-state index < -0.39 is 0 Å². The highest BCUT2D eigenvalue weighted by atomic mass is 35.5. The molecular weight excluding hydrogens is 206 g/mol. The smallest absolute Gasteiger partial charge is 0.00431 e. The summed E-state index contributed by atoms with van der Waals surface area (Å²) in [4.78, 5) is 0. The number of nitrogens with one attached hydrogen (secondary N) is 1. The fourth-order valence-electron chi connectivity index (χ4n) is 2.18. The molecular formula is C13H20ClN. The van der Waals surface area contributed by atoms with Crippen LogP contribution in [-0.2, 0) is 6.42 Å². The highest BCUT2D eigenvalue weighted by molar-refractivity contribution is 5.85. The Kier molecular flexibility index (Phi) is 5.13. The molecule has 2 heteroatoms. The molecule has 1 heterocycles. The van der Waals surface area contributed by atoms with Gasteiger partial charge >= 0.3 is 0 Å². The Labute approximate surface area is 98.7 Å². The van der Waals surface area contributed by atoms with Crippen molar-refractivity contribution in [2.24, 2.45) is 0 Å². The summed E-state index contributed by atoms with van der Waals surface area (Å²) < 4.78 is 0. The van der Waals surface area contributed by atoms with Gasteiger partial charge in [-0.1, -0.05) is 31.2 Å². The molecule has 0 aliphatic carbocycles. The third-order valence-corrected chi connectivity index (χ3v) is 3.20. The van der Waals surface area contributed by atoms with Crippen molar-refractivity contribution in [3.05, 3.63) is 35.4 Å². The van der Waals surface area contributed by atoms with Gasteiger partial charge in [0, 0.05) is 0 Å². The van der Waals surface area contributed by atoms with Gasteiger partial charge in [0.25, 0.3) is 0 Å². The molecule has 1 nitrogen and oxygen atoms in total. The number of halogens is 1. The minimum atomic E-state index is 0. The summed E-state index contributed by atoms with van der Waals surface area (Å²) in [5, 5.41) is 3.41. The van der Waals surface area contributed by atoms with Crippen molar-refractivity contribution in [1.82, 2.24) is 5.32 Å². The first-order chi connectivity index (χ1) is 6.90. The van der Waals surface area contributed by atoms with Gasteiger partial charge in [-0.25, -0.2) is 0 Å². The van der Waals surface area contributed by atoms with Crippen LogP contribution in [-0.4, -0.2) is 13.1 Å². The van der Waals surface area contributed by atoms with Gasteiger partial charge in [-0.3, -0.25) is 0 Å². The molecule has 1 fully saturated rings. The Morgan fingerprint density at radius 2 is 1.73 bits per heavy atom. The van der Waals surface area contributed by atoms with Gasteiger partial charge < -0.3 is 5.32 Å². The molecule has 2 rings (SSSR count). The summed E-state index contributed by atoms with van der Waals surface area (Å²) in [6.07, 6.45) is 3.74. The molecule has 1 aromatic carbocycles. The molecule has 0 saturated carbocycles. The molecule has 15 heavy (non-hydrogen) atoms. The lowest BCUT2D eigenvalue weighted by molar-refractivity contribution is 0.460. The number of rotatable bonds is 2. The van der Waals surface area contributed by atoms with Crippen molar-refractivity contribution >= 4 is 12.4 Å². The summed E-state index contributed by atoms with van der Waals surface area (Å²) in [5.74, 6) is 0.794. The molecule has 0 unspecified atom stereocenters. The Bertz CT molecular complexity index is 275. The Morgan fingerprint density at radius 3 is 2.27 bits per heavy atom. The average Bonchev–Trinajstić information content (AvgIpc) is 2.30. The topological polar surface area (TPSA) is 12.0 Å². The Balaban J connectivity index is 0.00000112. The minimum Gasteiger partial charge on any atom is -0.317 e. The SMILES string of the molecule is CCc1ccc(C2CCNCC2)cc1.Cl. The first-order valence-electron chi connectivity index (χ1n) is 5.69. The molecule has 0 radical (unpaired) electrons. The van der Waals surface area contributed by atoms with Gasteiger partial charge in [0.2, 0.25) is 0 Å². The normalized spacial score (nSPS) is 17.1. The zero-order valence-electron chi connectivity index (χ0n) is 9.33. The van der Waals surface area contributed by atoms with Crippen LogP contribution in [0.3, 0.4) is 0 Å². The molecule has 0 spiro atoms. The lowest BCUT2D eigenvalue weighted by atomic mass is 9.90. The molecule has 1 aliphatic rings. The lowest BCUT2D eigenvalue weighted by Crippen LogP contribution is -2.26. The van der Waals surface area contributed by atoms with E-state index >= 15 is 0 Å². The van der Waals surface area contributed by atoms with Gasteiger partial charge in [-0.15, -0.1) is 12.4 Å². The van der Waals surface area contributed by atoms with Crippen LogP contribution in [0.1, 0.15) is 36.8 Å². The maximum absolute atomic E-state index is 3.41. The van der Waals surface area contributed by atoms with E-state index in [1.54, 1.807) is 0 Å². The van der Waals surface area contributed by atoms with Gasteiger partial charge in [-0.2, -0.15) is 0 Å². The zero-order valence-corrected chi connectivity index (χ0v) is 10.1. The van der Waals surface area contributed by atoms with E-state index in [4.69, 9.17) is 0 Å². The maximum Gasteiger partial charge on any atom is -0.00431 e. The molecule has 1 aliphatic heterocycles. The van der Waals surface area contributed by atoms with Gasteiger partial charge in [0.15, 0.2) is 0 Å². The third-order valence-electron chi connectivity index (χ3n) is 3.20. The largest absolute Gasteiger partial charge is 0.317 e. The van der Waals surface area contributed by atoms with E-state index in [0.29, 0.717) is 0 Å². The monoisotopic (exact) mass is 225 g/mol. The minimum absolute atomic E-state index is 0. The van der Waals surface area contributed by atoms with Crippen LogP contribution in [0.5, 0.6) is 0 Å². The predicted molar refractivity (Wildman–Crippen MR) is 67.9 cm³/mol. The van der Waals surface area contributed by atoms with Gasteiger partial charge in [0.1, 0.15) is 0 Å². The average molecular weight is 226 g/mol. The number of aryl methyl sites for hydroxylation is 1. The maximum atomic E-state index is 3.41. The lowest BCUT2D eigenvalue weighted by Gasteiger charge is -2.23. The van der Waals surface area contributed by atoms with E-state index in [1.807, 2.05) is 0 Å². The number of hydrogen-bond acceptors (Lipinski definition) is 1. The van der Waals surface area contributed by atoms with Crippen LogP contribution >= 0.6 is 12.4 Å². The van der Waals surface area contributed by atoms with Crippen molar-refractivity contribution < 1.29 is 0 Å². The predicted octanol–water partition coefficient (Wildman–Crippen LogP) is 3.14. The van der Waals surface area contributed by atoms with Crippen LogP contribution in [0.25, 0.3) is 0 Å². The van der Waals surface area contributed by atoms with E-state index in [9.17, 15) is 0 Å². The molecule has 84 valence electrons. The third kappa shape index (κ3) is 3.22. The van der Waals surface area contributed by atoms with E-state index in [0.717, 1.165) is 12.3 Å². The van der Waals surface area contributed by atoms with Crippen molar-refractivity contribution in [3.63, 3.8) is 0 Å². The summed E-state index contributed by atoms with van der Waals surface area (Å²) in [5.41, 5.74) is 2.98. The first kappa shape index (κ1) is 12.5. The van der Waals surface area contributed by atoms with Gasteiger partial charge in [-0.05, 0) is 49.4 Å². The zero-order chi connectivity index (χ0) is 9.80. The number of piperidine rings is 1. The Morgan fingerprint density at radius 1 is 1.13 bits per heavy atom. The summed E-state index contributed by atoms with van der Waals surface area (Å²) in [6, 6.07) is 9.18. The van der Waals surface area contributed by atoms with Crippen molar-refractivity contribution in [2.45, 2.75) is 32.1 Å². The first-order valence-corrected chi connectivity index (χ1v) is 5.69. The standard InChI is InChI=1S/C13H19N.ClH/c1-2-11-3-5-12(6-4-11)13-7-9-14-10-8-13;/h3-6,13-14H,2,7-10H2,1H3;1H. The summed E-state index contributed by atoms with van der Waals surface area (Å²) in [6.45, 7) is 4.57. The second-order valence-corrected chi connectivity index (χ2v) is 4.12. The molecule has 0 amide bonds. The molecule has 0 aromatic heterocycles. The number of hydrogen-bond donors (Lipinski definition) is 1. The van der Waals surface area contributed by atoms with E-state index in [2.05, 4.69) is 36.5 Å².